The van der Waals surface area contributed by atoms with Gasteiger partial charge in [0.1, 0.15) is 12.2 Å². The summed E-state index contributed by atoms with van der Waals surface area (Å²) in [4.78, 5) is 11.1. The van der Waals surface area contributed by atoms with Crippen LogP contribution in [0.1, 0.15) is 28.9 Å². The van der Waals surface area contributed by atoms with E-state index in [-0.39, 0.29) is 18.0 Å². The molecule has 3 nitrogen and oxygen atoms in total. The second kappa shape index (κ2) is 4.13. The molecule has 0 bridgehead atoms. The first-order valence-corrected chi connectivity index (χ1v) is 4.97. The van der Waals surface area contributed by atoms with Gasteiger partial charge in [0.15, 0.2) is 5.78 Å². The van der Waals surface area contributed by atoms with E-state index >= 15 is 0 Å². The standard InChI is InChI=1S/C12H14O3/c1-8(13)9-3-5-10(6-4-9)12(14-2)11-7-15-11/h3-6,11-12H,7H2,1-2H3. The topological polar surface area (TPSA) is 38.8 Å². The van der Waals surface area contributed by atoms with Gasteiger partial charge in [0, 0.05) is 12.7 Å². The Morgan fingerprint density at radius 3 is 2.47 bits per heavy atom. The van der Waals surface area contributed by atoms with Crippen LogP contribution < -0.4 is 0 Å². The molecular weight excluding hydrogens is 192 g/mol. The fourth-order valence-electron chi connectivity index (χ4n) is 1.64. The normalized spacial score (nSPS) is 21.1. The Hall–Kier alpha value is -1.19. The quantitative estimate of drug-likeness (QED) is 0.558. The molecule has 1 fully saturated rings. The van der Waals surface area contributed by atoms with E-state index in [0.717, 1.165) is 17.7 Å². The summed E-state index contributed by atoms with van der Waals surface area (Å²) in [5.74, 6) is 0.0817. The number of carbonyl (C=O) groups excluding carboxylic acids is 1. The van der Waals surface area contributed by atoms with Crippen LogP contribution in [0.3, 0.4) is 0 Å². The zero-order chi connectivity index (χ0) is 10.8. The van der Waals surface area contributed by atoms with Crippen molar-refractivity contribution in [3.8, 4) is 0 Å². The molecular formula is C12H14O3. The summed E-state index contributed by atoms with van der Waals surface area (Å²) in [6, 6.07) is 7.50. The Kier molecular flexibility index (Phi) is 2.84. The van der Waals surface area contributed by atoms with Crippen LogP contribution in [0.2, 0.25) is 0 Å². The molecule has 1 heterocycles. The maximum atomic E-state index is 11.1. The van der Waals surface area contributed by atoms with Gasteiger partial charge in [-0.05, 0) is 12.5 Å². The van der Waals surface area contributed by atoms with Crippen LogP contribution >= 0.6 is 0 Å². The predicted octanol–water partition coefficient (Wildman–Crippen LogP) is 1.98. The first kappa shape index (κ1) is 10.3. The molecule has 0 aromatic heterocycles. The summed E-state index contributed by atoms with van der Waals surface area (Å²) in [5.41, 5.74) is 1.79. The highest BCUT2D eigenvalue weighted by Gasteiger charge is 2.33. The number of hydrogen-bond acceptors (Lipinski definition) is 3. The van der Waals surface area contributed by atoms with Crippen LogP contribution in [0, 0.1) is 0 Å². The summed E-state index contributed by atoms with van der Waals surface area (Å²) < 4.78 is 10.6. The molecule has 0 amide bonds. The number of ketones is 1. The molecule has 0 saturated carbocycles. The lowest BCUT2D eigenvalue weighted by Gasteiger charge is -2.12. The van der Waals surface area contributed by atoms with E-state index < -0.39 is 0 Å². The van der Waals surface area contributed by atoms with Crippen molar-refractivity contribution in [1.82, 2.24) is 0 Å². The largest absolute Gasteiger partial charge is 0.374 e. The maximum Gasteiger partial charge on any atom is 0.159 e. The molecule has 80 valence electrons. The number of rotatable bonds is 4. The Bertz CT molecular complexity index is 352. The van der Waals surface area contributed by atoms with Crippen LogP contribution in [-0.2, 0) is 9.47 Å². The summed E-state index contributed by atoms with van der Waals surface area (Å²) in [7, 11) is 1.67. The summed E-state index contributed by atoms with van der Waals surface area (Å²) in [5, 5.41) is 0. The fourth-order valence-corrected chi connectivity index (χ4v) is 1.64. The van der Waals surface area contributed by atoms with E-state index in [2.05, 4.69) is 0 Å². The summed E-state index contributed by atoms with van der Waals surface area (Å²) in [6.45, 7) is 2.32. The molecule has 15 heavy (non-hydrogen) atoms. The number of epoxide rings is 1. The van der Waals surface area contributed by atoms with Gasteiger partial charge in [-0.2, -0.15) is 0 Å². The molecule has 0 aliphatic carbocycles. The maximum absolute atomic E-state index is 11.1. The second-order valence-electron chi connectivity index (χ2n) is 3.71. The van der Waals surface area contributed by atoms with Crippen LogP contribution in [0.15, 0.2) is 24.3 Å². The molecule has 1 aliphatic rings. The number of Topliss-reactive ketones (excluding diaryl/α,β-unsaturated/α-hetero) is 1. The zero-order valence-electron chi connectivity index (χ0n) is 8.90. The highest BCUT2D eigenvalue weighted by atomic mass is 16.6. The van der Waals surface area contributed by atoms with Crippen molar-refractivity contribution in [2.75, 3.05) is 13.7 Å². The van der Waals surface area contributed by atoms with Crippen LogP contribution in [-0.4, -0.2) is 25.6 Å². The van der Waals surface area contributed by atoms with Gasteiger partial charge >= 0.3 is 0 Å². The minimum absolute atomic E-state index is 0.00833. The third-order valence-electron chi connectivity index (χ3n) is 2.60. The molecule has 1 aromatic rings. The molecule has 0 spiro atoms. The van der Waals surface area contributed by atoms with Crippen LogP contribution in [0.25, 0.3) is 0 Å². The van der Waals surface area contributed by atoms with Crippen molar-refractivity contribution in [1.29, 1.82) is 0 Å². The van der Waals surface area contributed by atoms with E-state index in [9.17, 15) is 4.79 Å². The highest BCUT2D eigenvalue weighted by molar-refractivity contribution is 5.94. The zero-order valence-corrected chi connectivity index (χ0v) is 8.90. The van der Waals surface area contributed by atoms with E-state index in [1.54, 1.807) is 14.0 Å². The first-order valence-electron chi connectivity index (χ1n) is 4.97. The minimum atomic E-state index is -0.00833. The first-order chi connectivity index (χ1) is 7.22. The van der Waals surface area contributed by atoms with Crippen LogP contribution in [0.4, 0.5) is 0 Å². The van der Waals surface area contributed by atoms with Gasteiger partial charge in [-0.15, -0.1) is 0 Å². The number of methoxy groups -OCH3 is 1. The smallest absolute Gasteiger partial charge is 0.159 e. The van der Waals surface area contributed by atoms with Gasteiger partial charge in [-0.1, -0.05) is 24.3 Å². The van der Waals surface area contributed by atoms with Crippen molar-refractivity contribution in [2.24, 2.45) is 0 Å². The molecule has 1 aliphatic heterocycles. The molecule has 3 heteroatoms. The molecule has 2 atom stereocenters. The van der Waals surface area contributed by atoms with Gasteiger partial charge in [0.05, 0.1) is 6.61 Å². The van der Waals surface area contributed by atoms with Crippen molar-refractivity contribution in [2.45, 2.75) is 19.1 Å². The highest BCUT2D eigenvalue weighted by Crippen LogP contribution is 2.30. The van der Waals surface area contributed by atoms with Gasteiger partial charge in [0.25, 0.3) is 0 Å². The monoisotopic (exact) mass is 206 g/mol. The second-order valence-corrected chi connectivity index (χ2v) is 3.71. The summed E-state index contributed by atoms with van der Waals surface area (Å²) >= 11 is 0. The number of ether oxygens (including phenoxy) is 2. The molecule has 0 radical (unpaired) electrons. The Balaban J connectivity index is 2.17. The van der Waals surface area contributed by atoms with E-state index in [1.807, 2.05) is 24.3 Å². The predicted molar refractivity (Wildman–Crippen MR) is 55.9 cm³/mol. The SMILES string of the molecule is COC(c1ccc(C(C)=O)cc1)C1CO1. The fraction of sp³-hybridized carbons (Fsp3) is 0.417. The lowest BCUT2D eigenvalue weighted by atomic mass is 10.0. The molecule has 1 aromatic carbocycles. The minimum Gasteiger partial charge on any atom is -0.374 e. The third kappa shape index (κ3) is 2.25. The molecule has 1 saturated heterocycles. The van der Waals surface area contributed by atoms with Gasteiger partial charge < -0.3 is 9.47 Å². The Morgan fingerprint density at radius 1 is 1.47 bits per heavy atom. The molecule has 2 rings (SSSR count). The van der Waals surface area contributed by atoms with Crippen molar-refractivity contribution in [3.63, 3.8) is 0 Å². The van der Waals surface area contributed by atoms with Crippen molar-refractivity contribution < 1.29 is 14.3 Å². The lowest BCUT2D eigenvalue weighted by molar-refractivity contribution is 0.0761. The number of benzene rings is 1. The molecule has 0 N–H and O–H groups in total. The molecule has 2 unspecified atom stereocenters. The number of hydrogen-bond donors (Lipinski definition) is 0. The lowest BCUT2D eigenvalue weighted by Crippen LogP contribution is -2.08. The average Bonchev–Trinajstić information content (AvgIpc) is 3.04. The van der Waals surface area contributed by atoms with Gasteiger partial charge in [-0.25, -0.2) is 0 Å². The van der Waals surface area contributed by atoms with E-state index in [1.165, 1.54) is 0 Å². The van der Waals surface area contributed by atoms with E-state index in [0.29, 0.717) is 0 Å². The number of carbonyl (C=O) groups is 1. The van der Waals surface area contributed by atoms with Gasteiger partial charge in [-0.3, -0.25) is 4.79 Å². The third-order valence-corrected chi connectivity index (χ3v) is 2.60. The van der Waals surface area contributed by atoms with Gasteiger partial charge in [0.2, 0.25) is 0 Å². The van der Waals surface area contributed by atoms with Crippen LogP contribution in [0.5, 0.6) is 0 Å². The van der Waals surface area contributed by atoms with Crippen molar-refractivity contribution >= 4 is 5.78 Å². The summed E-state index contributed by atoms with van der Waals surface area (Å²) in [6.07, 6.45) is 0.171. The van der Waals surface area contributed by atoms with E-state index in [4.69, 9.17) is 9.47 Å². The Morgan fingerprint density at radius 2 is 2.07 bits per heavy atom. The Labute approximate surface area is 89.0 Å². The average molecular weight is 206 g/mol. The van der Waals surface area contributed by atoms with Crippen molar-refractivity contribution in [3.05, 3.63) is 35.4 Å².